The minimum atomic E-state index is 0.269. The first kappa shape index (κ1) is 15.9. The van der Waals surface area contributed by atoms with Crippen molar-refractivity contribution < 1.29 is 0 Å². The maximum Gasteiger partial charge on any atom is 0.0195 e. The van der Waals surface area contributed by atoms with Gasteiger partial charge in [-0.05, 0) is 40.7 Å². The highest BCUT2D eigenvalue weighted by Crippen LogP contribution is 2.13. The van der Waals surface area contributed by atoms with Crippen LogP contribution >= 0.6 is 0 Å². The second-order valence-corrected chi connectivity index (χ2v) is 6.44. The van der Waals surface area contributed by atoms with E-state index in [-0.39, 0.29) is 5.54 Å². The molecule has 2 atom stereocenters. The molecular formula is C15H33N3. The summed E-state index contributed by atoms with van der Waals surface area (Å²) in [5.41, 5.74) is 0.269. The van der Waals surface area contributed by atoms with Crippen LogP contribution in [-0.4, -0.2) is 60.1 Å². The van der Waals surface area contributed by atoms with Gasteiger partial charge in [-0.25, -0.2) is 0 Å². The van der Waals surface area contributed by atoms with Crippen LogP contribution in [0.15, 0.2) is 0 Å². The Labute approximate surface area is 114 Å². The molecule has 0 bridgehead atoms. The Morgan fingerprint density at radius 3 is 2.44 bits per heavy atom. The number of nitrogens with zero attached hydrogens (tertiary/aromatic N) is 2. The molecule has 0 radical (unpaired) electrons. The highest BCUT2D eigenvalue weighted by molar-refractivity contribution is 4.84. The van der Waals surface area contributed by atoms with Crippen LogP contribution in [0.3, 0.4) is 0 Å². The van der Waals surface area contributed by atoms with Crippen molar-refractivity contribution >= 4 is 0 Å². The predicted octanol–water partition coefficient (Wildman–Crippen LogP) is 2.18. The zero-order valence-electron chi connectivity index (χ0n) is 13.3. The molecule has 1 aliphatic rings. The third-order valence-corrected chi connectivity index (χ3v) is 4.59. The van der Waals surface area contributed by atoms with E-state index in [9.17, 15) is 0 Å². The molecule has 3 heteroatoms. The largest absolute Gasteiger partial charge is 0.310 e. The summed E-state index contributed by atoms with van der Waals surface area (Å²) >= 11 is 0. The van der Waals surface area contributed by atoms with Crippen molar-refractivity contribution in [3.8, 4) is 0 Å². The minimum absolute atomic E-state index is 0.269. The van der Waals surface area contributed by atoms with Crippen molar-refractivity contribution in [2.45, 2.75) is 65.6 Å². The lowest BCUT2D eigenvalue weighted by atomic mass is 10.0. The summed E-state index contributed by atoms with van der Waals surface area (Å²) < 4.78 is 0. The molecule has 0 aromatic heterocycles. The molecule has 0 saturated carbocycles. The quantitative estimate of drug-likeness (QED) is 0.785. The number of likely N-dealkylation sites (N-methyl/N-ethyl adjacent to an activating group) is 1. The fourth-order valence-corrected chi connectivity index (χ4v) is 2.57. The molecule has 0 aromatic carbocycles. The van der Waals surface area contributed by atoms with Gasteiger partial charge in [0.25, 0.3) is 0 Å². The molecule has 18 heavy (non-hydrogen) atoms. The summed E-state index contributed by atoms with van der Waals surface area (Å²) in [6.07, 6.45) is 1.18. The first-order valence-corrected chi connectivity index (χ1v) is 7.62. The molecule has 1 heterocycles. The molecule has 1 N–H and O–H groups in total. The first-order chi connectivity index (χ1) is 8.39. The summed E-state index contributed by atoms with van der Waals surface area (Å²) in [4.78, 5) is 5.21. The molecule has 1 aliphatic heterocycles. The average molecular weight is 255 g/mol. The maximum absolute atomic E-state index is 3.69. The fourth-order valence-electron chi connectivity index (χ4n) is 2.57. The van der Waals surface area contributed by atoms with Gasteiger partial charge in [0, 0.05) is 43.8 Å². The molecular weight excluding hydrogens is 222 g/mol. The van der Waals surface area contributed by atoms with Crippen LogP contribution in [0.5, 0.6) is 0 Å². The highest BCUT2D eigenvalue weighted by Gasteiger charge is 2.26. The zero-order chi connectivity index (χ0) is 13.8. The van der Waals surface area contributed by atoms with Crippen molar-refractivity contribution in [1.29, 1.82) is 0 Å². The van der Waals surface area contributed by atoms with Crippen LogP contribution in [0.1, 0.15) is 48.0 Å². The third kappa shape index (κ3) is 4.52. The summed E-state index contributed by atoms with van der Waals surface area (Å²) in [6.45, 7) is 19.7. The molecule has 3 nitrogen and oxygen atoms in total. The Morgan fingerprint density at radius 1 is 1.28 bits per heavy atom. The predicted molar refractivity (Wildman–Crippen MR) is 80.1 cm³/mol. The van der Waals surface area contributed by atoms with E-state index in [0.29, 0.717) is 12.1 Å². The average Bonchev–Trinajstić information content (AvgIpc) is 2.36. The molecule has 0 spiro atoms. The summed E-state index contributed by atoms with van der Waals surface area (Å²) in [5.74, 6) is 0. The Balaban J connectivity index is 2.37. The van der Waals surface area contributed by atoms with Gasteiger partial charge in [0.05, 0.1) is 0 Å². The van der Waals surface area contributed by atoms with Gasteiger partial charge in [0.15, 0.2) is 0 Å². The van der Waals surface area contributed by atoms with Gasteiger partial charge in [0.2, 0.25) is 0 Å². The number of hydrogen-bond acceptors (Lipinski definition) is 3. The van der Waals surface area contributed by atoms with Gasteiger partial charge in [-0.15, -0.1) is 0 Å². The summed E-state index contributed by atoms with van der Waals surface area (Å²) in [6, 6.07) is 1.34. The van der Waals surface area contributed by atoms with E-state index >= 15 is 0 Å². The molecule has 108 valence electrons. The fraction of sp³-hybridized carbons (Fsp3) is 1.00. The van der Waals surface area contributed by atoms with E-state index in [0.717, 1.165) is 6.54 Å². The van der Waals surface area contributed by atoms with Crippen LogP contribution in [0.2, 0.25) is 0 Å². The molecule has 0 aromatic rings. The Bertz CT molecular complexity index is 240. The van der Waals surface area contributed by atoms with Gasteiger partial charge >= 0.3 is 0 Å². The van der Waals surface area contributed by atoms with E-state index in [1.807, 2.05) is 0 Å². The monoisotopic (exact) mass is 255 g/mol. The lowest BCUT2D eigenvalue weighted by Gasteiger charge is -2.42. The lowest BCUT2D eigenvalue weighted by molar-refractivity contribution is 0.0614. The lowest BCUT2D eigenvalue weighted by Crippen LogP contribution is -2.56. The zero-order valence-corrected chi connectivity index (χ0v) is 13.3. The molecule has 2 unspecified atom stereocenters. The number of rotatable bonds is 6. The van der Waals surface area contributed by atoms with Crippen molar-refractivity contribution in [1.82, 2.24) is 15.1 Å². The normalized spacial score (nSPS) is 25.3. The smallest absolute Gasteiger partial charge is 0.0195 e. The van der Waals surface area contributed by atoms with Gasteiger partial charge in [-0.1, -0.05) is 13.8 Å². The highest BCUT2D eigenvalue weighted by atomic mass is 15.3. The van der Waals surface area contributed by atoms with Gasteiger partial charge in [-0.3, -0.25) is 9.80 Å². The van der Waals surface area contributed by atoms with Crippen LogP contribution in [0, 0.1) is 0 Å². The standard InChI is InChI=1S/C15H33N3/c1-7-15(5,6)16-11-13(3)18-10-9-17(8-2)14(4)12-18/h13-14,16H,7-12H2,1-6H3. The Morgan fingerprint density at radius 2 is 1.94 bits per heavy atom. The van der Waals surface area contributed by atoms with Crippen LogP contribution in [0.4, 0.5) is 0 Å². The Hall–Kier alpha value is -0.120. The van der Waals surface area contributed by atoms with E-state index in [2.05, 4.69) is 56.7 Å². The van der Waals surface area contributed by atoms with Gasteiger partial charge in [-0.2, -0.15) is 0 Å². The number of piperazine rings is 1. The van der Waals surface area contributed by atoms with Crippen molar-refractivity contribution in [2.24, 2.45) is 0 Å². The van der Waals surface area contributed by atoms with E-state index in [4.69, 9.17) is 0 Å². The van der Waals surface area contributed by atoms with E-state index < -0.39 is 0 Å². The van der Waals surface area contributed by atoms with Gasteiger partial charge in [0.1, 0.15) is 0 Å². The number of hydrogen-bond donors (Lipinski definition) is 1. The topological polar surface area (TPSA) is 18.5 Å². The van der Waals surface area contributed by atoms with Crippen molar-refractivity contribution in [3.63, 3.8) is 0 Å². The molecule has 0 amide bonds. The van der Waals surface area contributed by atoms with Gasteiger partial charge < -0.3 is 5.32 Å². The SMILES string of the molecule is CCN1CCN(C(C)CNC(C)(C)CC)CC1C. The van der Waals surface area contributed by atoms with E-state index in [1.54, 1.807) is 0 Å². The maximum atomic E-state index is 3.69. The first-order valence-electron chi connectivity index (χ1n) is 7.62. The van der Waals surface area contributed by atoms with Crippen molar-refractivity contribution in [3.05, 3.63) is 0 Å². The number of nitrogens with one attached hydrogen (secondary N) is 1. The second-order valence-electron chi connectivity index (χ2n) is 6.44. The van der Waals surface area contributed by atoms with Crippen molar-refractivity contribution in [2.75, 3.05) is 32.7 Å². The summed E-state index contributed by atoms with van der Waals surface area (Å²) in [5, 5.41) is 3.69. The van der Waals surface area contributed by atoms with E-state index in [1.165, 1.54) is 32.6 Å². The third-order valence-electron chi connectivity index (χ3n) is 4.59. The van der Waals surface area contributed by atoms with Crippen LogP contribution in [0.25, 0.3) is 0 Å². The Kier molecular flexibility index (Phi) is 6.09. The molecule has 1 rings (SSSR count). The molecule has 0 aliphatic carbocycles. The van der Waals surface area contributed by atoms with Crippen LogP contribution < -0.4 is 5.32 Å². The summed E-state index contributed by atoms with van der Waals surface area (Å²) in [7, 11) is 0. The van der Waals surface area contributed by atoms with Crippen LogP contribution in [-0.2, 0) is 0 Å². The molecule has 1 fully saturated rings. The minimum Gasteiger partial charge on any atom is -0.310 e. The second kappa shape index (κ2) is 6.88. The molecule has 1 saturated heterocycles.